The van der Waals surface area contributed by atoms with Gasteiger partial charge in [0.05, 0.1) is 5.69 Å². The predicted octanol–water partition coefficient (Wildman–Crippen LogP) is 2.58. The molecule has 0 radical (unpaired) electrons. The van der Waals surface area contributed by atoms with Crippen molar-refractivity contribution in [1.29, 1.82) is 0 Å². The highest BCUT2D eigenvalue weighted by Crippen LogP contribution is 2.46. The lowest BCUT2D eigenvalue weighted by Gasteiger charge is -2.53. The molecule has 1 aliphatic rings. The van der Waals surface area contributed by atoms with Gasteiger partial charge in [-0.1, -0.05) is 20.8 Å². The number of hydrogen-bond donors (Lipinski definition) is 1. The molecule has 0 amide bonds. The Morgan fingerprint density at radius 3 is 2.58 bits per heavy atom. The molecule has 1 heterocycles. The molecule has 3 atom stereocenters. The Balaban J connectivity index is 2.12. The summed E-state index contributed by atoms with van der Waals surface area (Å²) >= 11 is 0. The topological polar surface area (TPSA) is 39.1 Å². The Morgan fingerprint density at radius 2 is 2.11 bits per heavy atom. The van der Waals surface area contributed by atoms with Crippen LogP contribution in [-0.4, -0.2) is 28.5 Å². The SMILES string of the molecule is CCNC1CC(Oc2c(C)nn(C)c2C)C1(C)CC. The van der Waals surface area contributed by atoms with E-state index in [-0.39, 0.29) is 5.41 Å². The fourth-order valence-electron chi connectivity index (χ4n) is 3.10. The molecule has 0 saturated heterocycles. The van der Waals surface area contributed by atoms with E-state index in [1.807, 2.05) is 18.7 Å². The zero-order chi connectivity index (χ0) is 14.2. The molecule has 0 aliphatic heterocycles. The lowest BCUT2D eigenvalue weighted by atomic mass is 9.61. The van der Waals surface area contributed by atoms with Crippen molar-refractivity contribution in [2.75, 3.05) is 6.54 Å². The van der Waals surface area contributed by atoms with Crippen LogP contribution in [0.2, 0.25) is 0 Å². The van der Waals surface area contributed by atoms with Crippen molar-refractivity contribution in [1.82, 2.24) is 15.1 Å². The van der Waals surface area contributed by atoms with E-state index in [9.17, 15) is 0 Å². The zero-order valence-electron chi connectivity index (χ0n) is 13.1. The van der Waals surface area contributed by atoms with Gasteiger partial charge in [0.2, 0.25) is 0 Å². The Bertz CT molecular complexity index is 454. The first-order chi connectivity index (χ1) is 8.93. The number of rotatable bonds is 5. The van der Waals surface area contributed by atoms with E-state index in [1.165, 1.54) is 0 Å². The minimum absolute atomic E-state index is 0.227. The average Bonchev–Trinajstić information content (AvgIpc) is 2.62. The van der Waals surface area contributed by atoms with Gasteiger partial charge in [0.15, 0.2) is 5.75 Å². The highest BCUT2D eigenvalue weighted by Gasteiger charge is 2.52. The molecule has 1 N–H and O–H groups in total. The zero-order valence-corrected chi connectivity index (χ0v) is 13.1. The summed E-state index contributed by atoms with van der Waals surface area (Å²) in [4.78, 5) is 0. The summed E-state index contributed by atoms with van der Waals surface area (Å²) in [6.07, 6.45) is 2.52. The lowest BCUT2D eigenvalue weighted by molar-refractivity contribution is -0.0703. The van der Waals surface area contributed by atoms with Crippen molar-refractivity contribution in [3.8, 4) is 5.75 Å². The Hall–Kier alpha value is -1.03. The van der Waals surface area contributed by atoms with E-state index in [2.05, 4.69) is 38.1 Å². The minimum atomic E-state index is 0.227. The van der Waals surface area contributed by atoms with E-state index in [1.54, 1.807) is 0 Å². The average molecular weight is 265 g/mol. The highest BCUT2D eigenvalue weighted by atomic mass is 16.5. The van der Waals surface area contributed by atoms with Crippen LogP contribution in [0.5, 0.6) is 5.75 Å². The predicted molar refractivity (Wildman–Crippen MR) is 77.6 cm³/mol. The first-order valence-electron chi connectivity index (χ1n) is 7.34. The summed E-state index contributed by atoms with van der Waals surface area (Å²) in [7, 11) is 1.97. The summed E-state index contributed by atoms with van der Waals surface area (Å²) in [6.45, 7) is 11.9. The van der Waals surface area contributed by atoms with Crippen molar-refractivity contribution in [3.05, 3.63) is 11.4 Å². The molecule has 2 rings (SSSR count). The van der Waals surface area contributed by atoms with Gasteiger partial charge in [-0.3, -0.25) is 4.68 Å². The van der Waals surface area contributed by atoms with Gasteiger partial charge in [-0.2, -0.15) is 5.10 Å². The van der Waals surface area contributed by atoms with Crippen LogP contribution in [-0.2, 0) is 7.05 Å². The summed E-state index contributed by atoms with van der Waals surface area (Å²) in [5, 5.41) is 8.00. The Kier molecular flexibility index (Phi) is 3.90. The van der Waals surface area contributed by atoms with Crippen LogP contribution in [0.3, 0.4) is 0 Å². The van der Waals surface area contributed by atoms with Crippen LogP contribution in [0.1, 0.15) is 45.0 Å². The molecule has 0 spiro atoms. The normalized spacial score (nSPS) is 30.2. The molecule has 1 aliphatic carbocycles. The van der Waals surface area contributed by atoms with E-state index in [4.69, 9.17) is 4.74 Å². The van der Waals surface area contributed by atoms with Crippen LogP contribution < -0.4 is 10.1 Å². The van der Waals surface area contributed by atoms with Crippen LogP contribution in [0.4, 0.5) is 0 Å². The van der Waals surface area contributed by atoms with E-state index < -0.39 is 0 Å². The van der Waals surface area contributed by atoms with Crippen molar-refractivity contribution in [2.45, 2.75) is 59.6 Å². The van der Waals surface area contributed by atoms with Gasteiger partial charge in [0.25, 0.3) is 0 Å². The third kappa shape index (κ3) is 2.27. The van der Waals surface area contributed by atoms with E-state index >= 15 is 0 Å². The van der Waals surface area contributed by atoms with E-state index in [0.717, 1.165) is 36.5 Å². The second kappa shape index (κ2) is 5.16. The van der Waals surface area contributed by atoms with Gasteiger partial charge >= 0.3 is 0 Å². The maximum atomic E-state index is 6.29. The van der Waals surface area contributed by atoms with Crippen molar-refractivity contribution >= 4 is 0 Å². The maximum absolute atomic E-state index is 6.29. The van der Waals surface area contributed by atoms with Crippen molar-refractivity contribution < 1.29 is 4.74 Å². The van der Waals surface area contributed by atoms with Crippen molar-refractivity contribution in [3.63, 3.8) is 0 Å². The number of hydrogen-bond acceptors (Lipinski definition) is 3. The number of nitrogens with zero attached hydrogens (tertiary/aromatic N) is 2. The van der Waals surface area contributed by atoms with Crippen LogP contribution in [0.25, 0.3) is 0 Å². The first-order valence-corrected chi connectivity index (χ1v) is 7.34. The standard InChI is InChI=1S/C15H27N3O/c1-7-15(5)12(16-8-2)9-13(15)19-14-10(3)17-18(6)11(14)4/h12-13,16H,7-9H2,1-6H3. The Morgan fingerprint density at radius 1 is 1.42 bits per heavy atom. The third-order valence-corrected chi connectivity index (χ3v) is 4.90. The fraction of sp³-hybridized carbons (Fsp3) is 0.800. The smallest absolute Gasteiger partial charge is 0.163 e. The Labute approximate surface area is 116 Å². The number of nitrogens with one attached hydrogen (secondary N) is 1. The fourth-order valence-corrected chi connectivity index (χ4v) is 3.10. The molecule has 1 aromatic rings. The third-order valence-electron chi connectivity index (χ3n) is 4.90. The highest BCUT2D eigenvalue weighted by molar-refractivity contribution is 5.32. The van der Waals surface area contributed by atoms with Gasteiger partial charge in [-0.25, -0.2) is 0 Å². The van der Waals surface area contributed by atoms with Crippen molar-refractivity contribution in [2.24, 2.45) is 12.5 Å². The molecule has 3 unspecified atom stereocenters. The molecule has 108 valence electrons. The van der Waals surface area contributed by atoms with Gasteiger partial charge in [-0.05, 0) is 26.8 Å². The monoisotopic (exact) mass is 265 g/mol. The molecule has 0 aromatic carbocycles. The van der Waals surface area contributed by atoms with Gasteiger partial charge in [0.1, 0.15) is 11.8 Å². The van der Waals surface area contributed by atoms with Gasteiger partial charge in [0, 0.05) is 24.9 Å². The van der Waals surface area contributed by atoms with Gasteiger partial charge in [-0.15, -0.1) is 0 Å². The lowest BCUT2D eigenvalue weighted by Crippen LogP contribution is -2.63. The molecule has 1 saturated carbocycles. The summed E-state index contributed by atoms with van der Waals surface area (Å²) in [5.41, 5.74) is 2.33. The second-order valence-electron chi connectivity index (χ2n) is 5.94. The number of aryl methyl sites for hydroxylation is 2. The molecule has 4 nitrogen and oxygen atoms in total. The second-order valence-corrected chi connectivity index (χ2v) is 5.94. The molecule has 4 heteroatoms. The molecular weight excluding hydrogens is 238 g/mol. The number of aromatic nitrogens is 2. The quantitative estimate of drug-likeness (QED) is 0.889. The minimum Gasteiger partial charge on any atom is -0.486 e. The number of ether oxygens (including phenoxy) is 1. The molecule has 1 fully saturated rings. The summed E-state index contributed by atoms with van der Waals surface area (Å²) < 4.78 is 8.19. The molecule has 19 heavy (non-hydrogen) atoms. The van der Waals surface area contributed by atoms with Crippen LogP contribution in [0.15, 0.2) is 0 Å². The summed E-state index contributed by atoms with van der Waals surface area (Å²) in [6, 6.07) is 0.574. The molecule has 1 aromatic heterocycles. The first kappa shape index (κ1) is 14.4. The largest absolute Gasteiger partial charge is 0.486 e. The maximum Gasteiger partial charge on any atom is 0.163 e. The van der Waals surface area contributed by atoms with E-state index in [0.29, 0.717) is 12.1 Å². The van der Waals surface area contributed by atoms with Gasteiger partial charge < -0.3 is 10.1 Å². The molecule has 0 bridgehead atoms. The summed E-state index contributed by atoms with van der Waals surface area (Å²) in [5.74, 6) is 0.974. The van der Waals surface area contributed by atoms with Crippen LogP contribution in [0, 0.1) is 19.3 Å². The van der Waals surface area contributed by atoms with Crippen LogP contribution >= 0.6 is 0 Å². The molecular formula is C15H27N3O.